The summed E-state index contributed by atoms with van der Waals surface area (Å²) < 4.78 is 68.2. The van der Waals surface area contributed by atoms with Crippen LogP contribution in [0.2, 0.25) is 0 Å². The van der Waals surface area contributed by atoms with E-state index in [-0.39, 0.29) is 29.9 Å². The van der Waals surface area contributed by atoms with Gasteiger partial charge >= 0.3 is 12.1 Å². The number of hydrogen-bond donors (Lipinski definition) is 1. The largest absolute Gasteiger partial charge is 0.462 e. The van der Waals surface area contributed by atoms with Crippen LogP contribution in [0.1, 0.15) is 28.0 Å². The Bertz CT molecular complexity index is 923. The van der Waals surface area contributed by atoms with Gasteiger partial charge in [-0.1, -0.05) is 0 Å². The Kier molecular flexibility index (Phi) is 5.13. The lowest BCUT2D eigenvalue weighted by molar-refractivity contribution is -0.141. The molecule has 0 spiro atoms. The number of ether oxygens (including phenoxy) is 1. The van der Waals surface area contributed by atoms with Crippen LogP contribution in [0.3, 0.4) is 0 Å². The molecule has 0 unspecified atom stereocenters. The zero-order valence-electron chi connectivity index (χ0n) is 14.0. The van der Waals surface area contributed by atoms with Gasteiger partial charge in [-0.15, -0.1) is 0 Å². The third-order valence-corrected chi connectivity index (χ3v) is 5.97. The fraction of sp³-hybridized carbons (Fsp3) is 0.375. The first kappa shape index (κ1) is 19.2. The van der Waals surface area contributed by atoms with Crippen LogP contribution >= 0.6 is 0 Å². The molecule has 0 bridgehead atoms. The van der Waals surface area contributed by atoms with Crippen molar-refractivity contribution in [3.63, 3.8) is 0 Å². The number of carbonyl (C=O) groups is 1. The molecular weight excluding hydrogens is 387 g/mol. The summed E-state index contributed by atoms with van der Waals surface area (Å²) in [5, 5.41) is 5.25. The number of benzene rings is 1. The lowest BCUT2D eigenvalue weighted by Crippen LogP contribution is -2.25. The molecule has 0 radical (unpaired) electrons. The Morgan fingerprint density at radius 3 is 2.56 bits per heavy atom. The summed E-state index contributed by atoms with van der Waals surface area (Å²) in [5.41, 5.74) is -0.421. The minimum atomic E-state index is -4.55. The number of nitrogens with one attached hydrogen (secondary N) is 1. The number of sulfonamides is 1. The maximum absolute atomic E-state index is 12.7. The van der Waals surface area contributed by atoms with E-state index in [0.29, 0.717) is 18.7 Å². The van der Waals surface area contributed by atoms with Crippen molar-refractivity contribution >= 4 is 21.7 Å². The van der Waals surface area contributed by atoms with Crippen LogP contribution in [0.25, 0.3) is 0 Å². The van der Waals surface area contributed by atoms with Crippen molar-refractivity contribution in [2.45, 2.75) is 19.0 Å². The van der Waals surface area contributed by atoms with Crippen molar-refractivity contribution in [2.24, 2.45) is 0 Å². The number of alkyl halides is 3. The van der Waals surface area contributed by atoms with Gasteiger partial charge in [0, 0.05) is 18.5 Å². The van der Waals surface area contributed by atoms with Crippen LogP contribution in [0.5, 0.6) is 0 Å². The smallest absolute Gasteiger partial charge is 0.433 e. The summed E-state index contributed by atoms with van der Waals surface area (Å²) in [6, 6.07) is 5.84. The highest BCUT2D eigenvalue weighted by molar-refractivity contribution is 7.93. The minimum Gasteiger partial charge on any atom is -0.462 e. The molecule has 0 atom stereocenters. The molecule has 1 aromatic carbocycles. The number of anilines is 1. The van der Waals surface area contributed by atoms with Gasteiger partial charge in [-0.3, -0.25) is 9.40 Å². The van der Waals surface area contributed by atoms with E-state index < -0.39 is 27.9 Å². The van der Waals surface area contributed by atoms with Gasteiger partial charge in [-0.05, 0) is 30.7 Å². The number of nitrogens with zero attached hydrogens (tertiary/aromatic N) is 2. The second-order valence-electron chi connectivity index (χ2n) is 5.94. The predicted octanol–water partition coefficient (Wildman–Crippen LogP) is 2.37. The predicted molar refractivity (Wildman–Crippen MR) is 89.8 cm³/mol. The summed E-state index contributed by atoms with van der Waals surface area (Å²) >= 11 is 0. The van der Waals surface area contributed by atoms with Gasteiger partial charge in [-0.25, -0.2) is 13.2 Å². The van der Waals surface area contributed by atoms with Gasteiger partial charge in [0.15, 0.2) is 0 Å². The van der Waals surface area contributed by atoms with Crippen molar-refractivity contribution in [2.75, 3.05) is 23.2 Å². The molecular formula is C16H16F3N3O4S. The number of aromatic amines is 1. The van der Waals surface area contributed by atoms with E-state index in [0.717, 1.165) is 6.20 Å². The van der Waals surface area contributed by atoms with E-state index >= 15 is 0 Å². The van der Waals surface area contributed by atoms with E-state index in [1.54, 1.807) is 0 Å². The lowest BCUT2D eigenvalue weighted by atomic mass is 10.2. The normalized spacial score (nSPS) is 16.5. The molecule has 1 aliphatic rings. The van der Waals surface area contributed by atoms with Gasteiger partial charge in [0.1, 0.15) is 5.69 Å². The maximum Gasteiger partial charge on any atom is 0.433 e. The van der Waals surface area contributed by atoms with Gasteiger partial charge in [-0.2, -0.15) is 18.3 Å². The second kappa shape index (κ2) is 7.22. The Morgan fingerprint density at radius 1 is 1.26 bits per heavy atom. The number of H-pyrrole nitrogens is 1. The van der Waals surface area contributed by atoms with Crippen LogP contribution in [-0.4, -0.2) is 43.5 Å². The van der Waals surface area contributed by atoms with E-state index in [9.17, 15) is 26.4 Å². The van der Waals surface area contributed by atoms with E-state index in [1.807, 2.05) is 5.10 Å². The SMILES string of the molecule is O=C(OCCc1cn[nH]c1C(F)(F)F)c1ccc(N2CCCS2(=O)=O)cc1. The van der Waals surface area contributed by atoms with E-state index in [2.05, 4.69) is 5.10 Å². The van der Waals surface area contributed by atoms with Gasteiger partial charge in [0.25, 0.3) is 0 Å². The van der Waals surface area contributed by atoms with Crippen molar-refractivity contribution < 1.29 is 31.1 Å². The molecule has 0 amide bonds. The topological polar surface area (TPSA) is 92.4 Å². The van der Waals surface area contributed by atoms with Crippen LogP contribution in [0.15, 0.2) is 30.5 Å². The molecule has 146 valence electrons. The molecule has 27 heavy (non-hydrogen) atoms. The number of halogens is 3. The quantitative estimate of drug-likeness (QED) is 0.774. The molecule has 1 aliphatic heterocycles. The Balaban J connectivity index is 1.58. The summed E-state index contributed by atoms with van der Waals surface area (Å²) in [6.07, 6.45) is -3.11. The highest BCUT2D eigenvalue weighted by Gasteiger charge is 2.35. The third-order valence-electron chi connectivity index (χ3n) is 4.10. The number of aromatic nitrogens is 2. The second-order valence-corrected chi connectivity index (χ2v) is 7.96. The van der Waals surface area contributed by atoms with Crippen LogP contribution in [0.4, 0.5) is 18.9 Å². The van der Waals surface area contributed by atoms with E-state index in [1.165, 1.54) is 28.6 Å². The third kappa shape index (κ3) is 4.24. The summed E-state index contributed by atoms with van der Waals surface area (Å²) in [7, 11) is -3.31. The first-order valence-corrected chi connectivity index (χ1v) is 9.66. The van der Waals surface area contributed by atoms with Crippen molar-refractivity contribution in [3.05, 3.63) is 47.3 Å². The average molecular weight is 403 g/mol. The fourth-order valence-electron chi connectivity index (χ4n) is 2.78. The van der Waals surface area contributed by atoms with Crippen LogP contribution in [-0.2, 0) is 27.4 Å². The van der Waals surface area contributed by atoms with Crippen LogP contribution in [0, 0.1) is 0 Å². The Hall–Kier alpha value is -2.56. The average Bonchev–Trinajstić information content (AvgIpc) is 3.20. The summed E-state index contributed by atoms with van der Waals surface area (Å²) in [5.74, 6) is -0.618. The Labute approximate surface area is 153 Å². The van der Waals surface area contributed by atoms with Gasteiger partial charge in [0.2, 0.25) is 10.0 Å². The Morgan fingerprint density at radius 2 is 1.96 bits per heavy atom. The molecule has 0 saturated carbocycles. The van der Waals surface area contributed by atoms with Crippen molar-refractivity contribution in [1.29, 1.82) is 0 Å². The molecule has 3 rings (SSSR count). The molecule has 2 heterocycles. The summed E-state index contributed by atoms with van der Waals surface area (Å²) in [4.78, 5) is 12.0. The zero-order chi connectivity index (χ0) is 19.7. The molecule has 7 nitrogen and oxygen atoms in total. The monoisotopic (exact) mass is 403 g/mol. The maximum atomic E-state index is 12.7. The zero-order valence-corrected chi connectivity index (χ0v) is 14.8. The highest BCUT2D eigenvalue weighted by atomic mass is 32.2. The first-order chi connectivity index (χ1) is 12.7. The fourth-order valence-corrected chi connectivity index (χ4v) is 4.34. The summed E-state index contributed by atoms with van der Waals surface area (Å²) in [6.45, 7) is 0.141. The van der Waals surface area contributed by atoms with Crippen molar-refractivity contribution in [3.8, 4) is 0 Å². The molecule has 2 aromatic rings. The number of rotatable bonds is 5. The molecule has 1 fully saturated rings. The molecule has 1 N–H and O–H groups in total. The standard InChI is InChI=1S/C16H16F3N3O4S/c17-16(18,19)14-12(10-20-21-14)6-8-26-15(23)11-2-4-13(5-3-11)22-7-1-9-27(22,24)25/h2-5,10H,1,6-9H2,(H,20,21). The van der Waals surface area contributed by atoms with Gasteiger partial charge in [0.05, 0.1) is 29.8 Å². The number of hydrogen-bond acceptors (Lipinski definition) is 5. The molecule has 1 saturated heterocycles. The highest BCUT2D eigenvalue weighted by Crippen LogP contribution is 2.30. The van der Waals surface area contributed by atoms with Gasteiger partial charge < -0.3 is 4.74 Å². The first-order valence-electron chi connectivity index (χ1n) is 8.05. The molecule has 0 aliphatic carbocycles. The van der Waals surface area contributed by atoms with Crippen molar-refractivity contribution in [1.82, 2.24) is 10.2 Å². The molecule has 11 heteroatoms. The molecule has 1 aromatic heterocycles. The van der Waals surface area contributed by atoms with Crippen LogP contribution < -0.4 is 4.31 Å². The number of carbonyl (C=O) groups excluding carboxylic acids is 1. The lowest BCUT2D eigenvalue weighted by Gasteiger charge is -2.16. The minimum absolute atomic E-state index is 0.0880. The van der Waals surface area contributed by atoms with E-state index in [4.69, 9.17) is 4.74 Å². The number of esters is 1.